The van der Waals surface area contributed by atoms with Crippen LogP contribution in [0.1, 0.15) is 0 Å². The number of aromatic nitrogens is 4. The number of rotatable bonds is 5. The van der Waals surface area contributed by atoms with Gasteiger partial charge in [-0.05, 0) is 17.2 Å². The van der Waals surface area contributed by atoms with Gasteiger partial charge in [0.15, 0.2) is 17.5 Å². The molecule has 0 radical (unpaired) electrons. The van der Waals surface area contributed by atoms with Crippen LogP contribution in [0.15, 0.2) is 140 Å². The smallest absolute Gasteiger partial charge is 0.215 e. The van der Waals surface area contributed by atoms with Crippen molar-refractivity contribution in [2.24, 2.45) is 0 Å². The zero-order valence-electron chi connectivity index (χ0n) is 23.9. The minimum absolute atomic E-state index is 0.595. The van der Waals surface area contributed by atoms with E-state index in [1.54, 1.807) is 11.3 Å². The molecule has 0 spiro atoms. The number of fused-ring (bicyclic) bond motifs is 3. The van der Waals surface area contributed by atoms with Crippen molar-refractivity contribution in [3.05, 3.63) is 151 Å². The predicted octanol–water partition coefficient (Wildman–Crippen LogP) is 10.5. The average Bonchev–Trinajstić information content (AvgIpc) is 3.52. The molecule has 45 heavy (non-hydrogen) atoms. The molecule has 6 heteroatoms. The lowest BCUT2D eigenvalue weighted by Gasteiger charge is -2.09. The van der Waals surface area contributed by atoms with Gasteiger partial charge in [-0.3, -0.25) is 0 Å². The number of benzene rings is 5. The summed E-state index contributed by atoms with van der Waals surface area (Å²) >= 11 is 1.65. The molecule has 0 aliphatic rings. The van der Waals surface area contributed by atoms with E-state index in [2.05, 4.69) is 35.2 Å². The molecule has 0 unspecified atom stereocenters. The summed E-state index contributed by atoms with van der Waals surface area (Å²) in [6.07, 6.45) is 0. The van der Waals surface area contributed by atoms with Gasteiger partial charge in [0.05, 0.1) is 17.8 Å². The number of nitrogens with zero attached hydrogens (tertiary/aromatic N) is 5. The van der Waals surface area contributed by atoms with Gasteiger partial charge >= 0.3 is 0 Å². The van der Waals surface area contributed by atoms with E-state index in [1.165, 1.54) is 0 Å². The van der Waals surface area contributed by atoms with Gasteiger partial charge in [0.2, 0.25) is 5.69 Å². The molecule has 210 valence electrons. The Morgan fingerprint density at radius 3 is 1.49 bits per heavy atom. The zero-order chi connectivity index (χ0) is 30.2. The second kappa shape index (κ2) is 11.2. The Balaban J connectivity index is 1.27. The zero-order valence-corrected chi connectivity index (χ0v) is 24.7. The maximum absolute atomic E-state index is 8.26. The lowest BCUT2D eigenvalue weighted by Crippen LogP contribution is -2.00. The normalized spacial score (nSPS) is 11.1. The van der Waals surface area contributed by atoms with Crippen LogP contribution in [0.25, 0.3) is 81.7 Å². The van der Waals surface area contributed by atoms with Crippen LogP contribution in [-0.2, 0) is 0 Å². The molecule has 0 saturated carbocycles. The Hall–Kier alpha value is -6.03. The molecule has 0 bridgehead atoms. The SMILES string of the molecule is [C-]#[N+]c1c(-c2ccc(-c3nc(-c4ccccc4)nc(-c4ccccc4)n3)cc2)sc2c1c(-c1ccccc1)nc1ccccc12. The van der Waals surface area contributed by atoms with Crippen molar-refractivity contribution in [3.63, 3.8) is 0 Å². The quantitative estimate of drug-likeness (QED) is 0.186. The van der Waals surface area contributed by atoms with Crippen LogP contribution < -0.4 is 0 Å². The van der Waals surface area contributed by atoms with Gasteiger partial charge in [-0.15, -0.1) is 11.3 Å². The van der Waals surface area contributed by atoms with Gasteiger partial charge < -0.3 is 0 Å². The van der Waals surface area contributed by atoms with Crippen LogP contribution in [0.2, 0.25) is 0 Å². The molecule has 8 rings (SSSR count). The second-order valence-corrected chi connectivity index (χ2v) is 11.6. The molecule has 8 aromatic rings. The van der Waals surface area contributed by atoms with E-state index < -0.39 is 0 Å². The number of para-hydroxylation sites is 1. The molecule has 5 aromatic carbocycles. The minimum Gasteiger partial charge on any atom is -0.248 e. The summed E-state index contributed by atoms with van der Waals surface area (Å²) < 4.78 is 1.07. The molecule has 0 atom stereocenters. The Labute approximate surface area is 264 Å². The third-order valence-corrected chi connectivity index (χ3v) is 9.03. The lowest BCUT2D eigenvalue weighted by atomic mass is 10.0. The largest absolute Gasteiger partial charge is 0.248 e. The monoisotopic (exact) mass is 593 g/mol. The average molecular weight is 594 g/mol. The summed E-state index contributed by atoms with van der Waals surface area (Å²) in [5.41, 5.74) is 7.07. The van der Waals surface area contributed by atoms with E-state index >= 15 is 0 Å². The first kappa shape index (κ1) is 26.6. The summed E-state index contributed by atoms with van der Waals surface area (Å²) in [5.74, 6) is 1.84. The summed E-state index contributed by atoms with van der Waals surface area (Å²) in [7, 11) is 0. The molecule has 0 aliphatic heterocycles. The molecule has 0 saturated heterocycles. The van der Waals surface area contributed by atoms with E-state index in [1.807, 2.05) is 109 Å². The summed E-state index contributed by atoms with van der Waals surface area (Å²) in [5, 5.41) is 1.95. The van der Waals surface area contributed by atoms with E-state index in [0.717, 1.165) is 59.4 Å². The highest BCUT2D eigenvalue weighted by molar-refractivity contribution is 7.24. The van der Waals surface area contributed by atoms with E-state index in [-0.39, 0.29) is 0 Å². The first-order valence-corrected chi connectivity index (χ1v) is 15.3. The third kappa shape index (κ3) is 4.82. The van der Waals surface area contributed by atoms with Crippen molar-refractivity contribution in [3.8, 4) is 55.9 Å². The van der Waals surface area contributed by atoms with Crippen LogP contribution in [0.3, 0.4) is 0 Å². The van der Waals surface area contributed by atoms with Gasteiger partial charge in [0, 0.05) is 37.0 Å². The summed E-state index contributed by atoms with van der Waals surface area (Å²) in [6, 6.07) is 46.4. The fraction of sp³-hybridized carbons (Fsp3) is 0. The van der Waals surface area contributed by atoms with Crippen molar-refractivity contribution in [1.82, 2.24) is 19.9 Å². The Kier molecular flexibility index (Phi) is 6.64. The fourth-order valence-corrected chi connectivity index (χ4v) is 6.87. The number of pyridine rings is 1. The Morgan fingerprint density at radius 1 is 0.467 bits per heavy atom. The topological polar surface area (TPSA) is 55.9 Å². The van der Waals surface area contributed by atoms with Crippen LogP contribution >= 0.6 is 11.3 Å². The molecular weight excluding hydrogens is 571 g/mol. The number of thiophene rings is 1. The molecule has 5 nitrogen and oxygen atoms in total. The summed E-state index contributed by atoms with van der Waals surface area (Å²) in [6.45, 7) is 8.26. The second-order valence-electron chi connectivity index (χ2n) is 10.6. The molecule has 3 aromatic heterocycles. The van der Waals surface area contributed by atoms with Crippen LogP contribution in [0.5, 0.6) is 0 Å². The van der Waals surface area contributed by atoms with Crippen LogP contribution in [0, 0.1) is 6.57 Å². The third-order valence-electron chi connectivity index (χ3n) is 7.76. The van der Waals surface area contributed by atoms with E-state index in [0.29, 0.717) is 23.2 Å². The standard InChI is InChI=1S/C39H23N5S/c1-40-34-32-33(25-13-5-2-6-14-25)41-31-20-12-11-19-30(31)36(32)45-35(34)26-21-23-29(24-22-26)39-43-37(27-15-7-3-8-16-27)42-38(44-39)28-17-9-4-10-18-28/h2-24H. The van der Waals surface area contributed by atoms with Gasteiger partial charge in [0.1, 0.15) is 0 Å². The Morgan fingerprint density at radius 2 is 0.933 bits per heavy atom. The molecule has 3 heterocycles. The van der Waals surface area contributed by atoms with E-state index in [4.69, 9.17) is 26.5 Å². The van der Waals surface area contributed by atoms with Gasteiger partial charge in [-0.2, -0.15) is 0 Å². The van der Waals surface area contributed by atoms with Gasteiger partial charge in [-0.25, -0.2) is 24.8 Å². The van der Waals surface area contributed by atoms with Crippen molar-refractivity contribution < 1.29 is 0 Å². The predicted molar refractivity (Wildman–Crippen MR) is 184 cm³/mol. The van der Waals surface area contributed by atoms with Crippen molar-refractivity contribution in [2.75, 3.05) is 0 Å². The van der Waals surface area contributed by atoms with Crippen LogP contribution in [-0.4, -0.2) is 19.9 Å². The molecule has 0 fully saturated rings. The highest BCUT2D eigenvalue weighted by Crippen LogP contribution is 2.50. The number of hydrogen-bond donors (Lipinski definition) is 0. The maximum Gasteiger partial charge on any atom is 0.215 e. The lowest BCUT2D eigenvalue weighted by molar-refractivity contribution is 1.07. The van der Waals surface area contributed by atoms with Gasteiger partial charge in [0.25, 0.3) is 0 Å². The molecule has 0 N–H and O–H groups in total. The first-order chi connectivity index (χ1) is 22.3. The highest BCUT2D eigenvalue weighted by atomic mass is 32.1. The Bertz CT molecular complexity index is 2300. The highest BCUT2D eigenvalue weighted by Gasteiger charge is 2.21. The van der Waals surface area contributed by atoms with E-state index in [9.17, 15) is 0 Å². The number of hydrogen-bond acceptors (Lipinski definition) is 5. The van der Waals surface area contributed by atoms with Crippen molar-refractivity contribution in [2.45, 2.75) is 0 Å². The molecule has 0 amide bonds. The fourth-order valence-electron chi connectivity index (χ4n) is 5.59. The van der Waals surface area contributed by atoms with Crippen LogP contribution in [0.4, 0.5) is 5.69 Å². The van der Waals surface area contributed by atoms with Gasteiger partial charge in [-0.1, -0.05) is 133 Å². The minimum atomic E-state index is 0.595. The molecule has 0 aliphatic carbocycles. The van der Waals surface area contributed by atoms with Crippen molar-refractivity contribution >= 4 is 38.0 Å². The summed E-state index contributed by atoms with van der Waals surface area (Å²) in [4.78, 5) is 24.6. The molecular formula is C39H23N5S. The van der Waals surface area contributed by atoms with Crippen molar-refractivity contribution in [1.29, 1.82) is 0 Å². The maximum atomic E-state index is 8.26. The first-order valence-electron chi connectivity index (χ1n) is 14.5.